The van der Waals surface area contributed by atoms with Gasteiger partial charge in [0.15, 0.2) is 33.5 Å². The second-order valence-corrected chi connectivity index (χ2v) is 12.9. The molecule has 0 aliphatic carbocycles. The highest BCUT2D eigenvalue weighted by molar-refractivity contribution is 6.31. The molecule has 302 valence electrons. The lowest BCUT2D eigenvalue weighted by Crippen LogP contribution is -2.54. The first-order valence-electron chi connectivity index (χ1n) is 17.1. The van der Waals surface area contributed by atoms with E-state index in [1.54, 1.807) is 18.2 Å². The molecule has 8 atom stereocenters. The van der Waals surface area contributed by atoms with E-state index in [9.17, 15) is 50.4 Å². The number of nitrogens with one attached hydrogen (secondary N) is 2. The summed E-state index contributed by atoms with van der Waals surface area (Å²) < 4.78 is 3.86. The Kier molecular flexibility index (Phi) is 16.7. The molecule has 0 radical (unpaired) electrons. The summed E-state index contributed by atoms with van der Waals surface area (Å²) in [5.41, 5.74) is 12.9. The third kappa shape index (κ3) is 10.7. The summed E-state index contributed by atoms with van der Waals surface area (Å²) in [4.78, 5) is 35.3. The smallest absolute Gasteiger partial charge is 0.277 e. The average molecular weight is 789 g/mol. The number of nitrogens with two attached hydrogens (primary N) is 2. The SMILES string of the molecule is CCn1c(CNC(=O)c2nc(Cl)c(N)nc2N)[n+](CC)c2ccc(C(=O)NCCN(CC(O)C(O)C(O)C(O)CO)CC(O)C(O)C(O)C(O)CO)cc21. The van der Waals surface area contributed by atoms with Crippen molar-refractivity contribution in [2.45, 2.75) is 82.3 Å². The van der Waals surface area contributed by atoms with Crippen molar-refractivity contribution in [2.75, 3.05) is 50.9 Å². The Labute approximate surface area is 314 Å². The highest BCUT2D eigenvalue weighted by Crippen LogP contribution is 2.20. The number of imidazole rings is 1. The number of amides is 2. The van der Waals surface area contributed by atoms with E-state index in [-0.39, 0.29) is 47.7 Å². The lowest BCUT2D eigenvalue weighted by Gasteiger charge is -2.33. The molecule has 8 unspecified atom stereocenters. The highest BCUT2D eigenvalue weighted by atomic mass is 35.5. The fourth-order valence-corrected chi connectivity index (χ4v) is 5.97. The molecule has 16 N–H and O–H groups in total. The first kappa shape index (κ1) is 44.6. The molecule has 0 aliphatic rings. The fraction of sp³-hybridized carbons (Fsp3) is 0.594. The van der Waals surface area contributed by atoms with Gasteiger partial charge in [-0.1, -0.05) is 11.6 Å². The molecule has 54 heavy (non-hydrogen) atoms. The Bertz CT molecular complexity index is 1690. The molecule has 1 aromatic carbocycles. The molecule has 3 aromatic rings. The number of nitrogens with zero attached hydrogens (tertiary/aromatic N) is 5. The van der Waals surface area contributed by atoms with Crippen LogP contribution in [0.15, 0.2) is 18.2 Å². The summed E-state index contributed by atoms with van der Waals surface area (Å²) in [5, 5.41) is 105. The Morgan fingerprint density at radius 1 is 0.833 bits per heavy atom. The van der Waals surface area contributed by atoms with Crippen LogP contribution in [0.1, 0.15) is 40.5 Å². The van der Waals surface area contributed by atoms with Crippen LogP contribution in [0, 0.1) is 0 Å². The minimum Gasteiger partial charge on any atom is -0.394 e. The third-order valence-electron chi connectivity index (χ3n) is 8.86. The number of aromatic nitrogens is 4. The summed E-state index contributed by atoms with van der Waals surface area (Å²) in [5.74, 6) is -0.761. The Morgan fingerprint density at radius 2 is 1.39 bits per heavy atom. The number of hydrogen-bond acceptors (Lipinski definition) is 17. The van der Waals surface area contributed by atoms with Crippen molar-refractivity contribution >= 4 is 46.1 Å². The van der Waals surface area contributed by atoms with Crippen molar-refractivity contribution < 1.29 is 65.2 Å². The van der Waals surface area contributed by atoms with Crippen LogP contribution < -0.4 is 26.7 Å². The largest absolute Gasteiger partial charge is 0.394 e. The first-order chi connectivity index (χ1) is 25.5. The predicted molar refractivity (Wildman–Crippen MR) is 192 cm³/mol. The van der Waals surface area contributed by atoms with Crippen LogP contribution in [0.3, 0.4) is 0 Å². The zero-order chi connectivity index (χ0) is 40.4. The molecule has 0 saturated heterocycles. The molecule has 0 saturated carbocycles. The number of aryl methyl sites for hydroxylation is 2. The van der Waals surface area contributed by atoms with Crippen molar-refractivity contribution in [2.24, 2.45) is 0 Å². The van der Waals surface area contributed by atoms with Crippen molar-refractivity contribution in [1.82, 2.24) is 30.1 Å². The van der Waals surface area contributed by atoms with Gasteiger partial charge in [-0.3, -0.25) is 14.5 Å². The maximum atomic E-state index is 13.3. The molecule has 2 amide bonds. The second kappa shape index (κ2) is 20.2. The highest BCUT2D eigenvalue weighted by Gasteiger charge is 2.34. The van der Waals surface area contributed by atoms with Gasteiger partial charge in [0.2, 0.25) is 0 Å². The van der Waals surface area contributed by atoms with Crippen LogP contribution in [-0.4, -0.2) is 171 Å². The number of aliphatic hydroxyl groups is 10. The molecule has 0 bridgehead atoms. The lowest BCUT2D eigenvalue weighted by molar-refractivity contribution is -0.676. The van der Waals surface area contributed by atoms with Gasteiger partial charge in [-0.2, -0.15) is 0 Å². The van der Waals surface area contributed by atoms with Crippen molar-refractivity contribution in [3.63, 3.8) is 0 Å². The zero-order valence-electron chi connectivity index (χ0n) is 29.8. The van der Waals surface area contributed by atoms with E-state index in [0.717, 1.165) is 5.52 Å². The summed E-state index contributed by atoms with van der Waals surface area (Å²) in [6.07, 6.45) is -14.9. The minimum atomic E-state index is -1.96. The quantitative estimate of drug-likeness (QED) is 0.0447. The maximum absolute atomic E-state index is 13.3. The van der Waals surface area contributed by atoms with Gasteiger partial charge in [0.05, 0.1) is 38.5 Å². The van der Waals surface area contributed by atoms with E-state index in [0.29, 0.717) is 24.4 Å². The number of rotatable bonds is 21. The van der Waals surface area contributed by atoms with E-state index < -0.39 is 86.9 Å². The van der Waals surface area contributed by atoms with E-state index in [1.165, 1.54) is 4.90 Å². The van der Waals surface area contributed by atoms with Gasteiger partial charge in [0.25, 0.3) is 17.6 Å². The number of hydrogen-bond donors (Lipinski definition) is 14. The molecule has 2 aromatic heterocycles. The standard InChI is InChI=1S/C32H50ClN9O12/c1-3-41-16-6-5-15(9-17(16)42(4-2)22(41)10-37-32(54)23-29(34)39-30(35)28(33)38-23)31(53)36-7-8-40(11-18(45)24(49)26(51)20(47)13-43)12-19(46)25(50)27(52)21(48)14-44/h5-6,9,18-21,24-27,43-52H,3-4,7-8,10-14H2,1-2H3,(H5-,34,35,36,37,39,53,54)/p+1. The Hall–Kier alpha value is -3.84. The van der Waals surface area contributed by atoms with Crippen LogP contribution in [0.4, 0.5) is 11.6 Å². The van der Waals surface area contributed by atoms with Gasteiger partial charge in [-0.25, -0.2) is 19.1 Å². The molecular weight excluding hydrogens is 738 g/mol. The van der Waals surface area contributed by atoms with Crippen molar-refractivity contribution in [3.8, 4) is 0 Å². The maximum Gasteiger partial charge on any atom is 0.277 e. The zero-order valence-corrected chi connectivity index (χ0v) is 30.5. The number of benzene rings is 1. The number of halogens is 1. The molecule has 21 nitrogen and oxygen atoms in total. The van der Waals surface area contributed by atoms with Gasteiger partial charge < -0.3 is 73.2 Å². The molecule has 3 rings (SSSR count). The van der Waals surface area contributed by atoms with Crippen LogP contribution in [0.5, 0.6) is 0 Å². The summed E-state index contributed by atoms with van der Waals surface area (Å²) in [6, 6.07) is 5.00. The second-order valence-electron chi connectivity index (χ2n) is 12.5. The number of carbonyl (C=O) groups excluding carboxylic acids is 2. The monoisotopic (exact) mass is 788 g/mol. The lowest BCUT2D eigenvalue weighted by atomic mass is 10.0. The van der Waals surface area contributed by atoms with Crippen LogP contribution in [0.2, 0.25) is 5.15 Å². The molecule has 0 fully saturated rings. The van der Waals surface area contributed by atoms with Crippen molar-refractivity contribution in [3.05, 3.63) is 40.4 Å². The predicted octanol–water partition coefficient (Wildman–Crippen LogP) is -5.59. The molecule has 2 heterocycles. The number of carbonyl (C=O) groups is 2. The van der Waals surface area contributed by atoms with E-state index >= 15 is 0 Å². The number of fused-ring (bicyclic) bond motifs is 1. The molecule has 0 spiro atoms. The topological polar surface area (TPSA) is 350 Å². The normalized spacial score (nSPS) is 16.4. The van der Waals surface area contributed by atoms with Crippen LogP contribution >= 0.6 is 11.6 Å². The van der Waals surface area contributed by atoms with E-state index in [1.807, 2.05) is 23.0 Å². The number of aliphatic hydroxyl groups excluding tert-OH is 10. The molecular formula is C32H51ClN9O12+. The fourth-order valence-electron chi connectivity index (χ4n) is 5.84. The van der Waals surface area contributed by atoms with E-state index in [4.69, 9.17) is 33.3 Å². The van der Waals surface area contributed by atoms with Gasteiger partial charge in [0, 0.05) is 37.8 Å². The van der Waals surface area contributed by atoms with Crippen LogP contribution in [-0.2, 0) is 19.6 Å². The number of nitrogen functional groups attached to an aromatic ring is 2. The average Bonchev–Trinajstić information content (AvgIpc) is 3.47. The first-order valence-corrected chi connectivity index (χ1v) is 17.5. The van der Waals surface area contributed by atoms with Gasteiger partial charge in [-0.15, -0.1) is 0 Å². The van der Waals surface area contributed by atoms with E-state index in [2.05, 4.69) is 20.6 Å². The summed E-state index contributed by atoms with van der Waals surface area (Å²) >= 11 is 5.93. The van der Waals surface area contributed by atoms with Gasteiger partial charge >= 0.3 is 0 Å². The Morgan fingerprint density at radius 3 is 1.91 bits per heavy atom. The third-order valence-corrected chi connectivity index (χ3v) is 9.13. The molecule has 22 heteroatoms. The van der Waals surface area contributed by atoms with Crippen molar-refractivity contribution in [1.29, 1.82) is 0 Å². The summed E-state index contributed by atoms with van der Waals surface area (Å²) in [7, 11) is 0. The van der Waals surface area contributed by atoms with Gasteiger partial charge in [0.1, 0.15) is 43.2 Å². The molecule has 0 aliphatic heterocycles. The van der Waals surface area contributed by atoms with Crippen LogP contribution in [0.25, 0.3) is 11.0 Å². The number of anilines is 2. The minimum absolute atomic E-state index is 0.0444. The Balaban J connectivity index is 1.78. The summed E-state index contributed by atoms with van der Waals surface area (Å²) in [6.45, 7) is 1.77. The van der Waals surface area contributed by atoms with Gasteiger partial charge in [-0.05, 0) is 26.0 Å².